The minimum Gasteiger partial charge on any atom is -0.492 e. The molecule has 0 unspecified atom stereocenters. The third-order valence-corrected chi connectivity index (χ3v) is 1.47. The molecule has 0 aliphatic heterocycles. The molecule has 0 aliphatic carbocycles. The van der Waals surface area contributed by atoms with E-state index < -0.39 is 0 Å². The van der Waals surface area contributed by atoms with Gasteiger partial charge in [0.05, 0.1) is 12.8 Å². The molecule has 12 heavy (non-hydrogen) atoms. The van der Waals surface area contributed by atoms with E-state index in [0.29, 0.717) is 13.2 Å². The van der Waals surface area contributed by atoms with E-state index in [9.17, 15) is 0 Å². The predicted octanol–water partition coefficient (Wildman–Crippen LogP) is 1.12. The lowest BCUT2D eigenvalue weighted by Crippen LogP contribution is -2.06. The lowest BCUT2D eigenvalue weighted by atomic mass is 10.3. The number of hydrogen-bond acceptors (Lipinski definition) is 3. The minimum atomic E-state index is 0.666. The number of hydrogen-bond donors (Lipinski definition) is 1. The van der Waals surface area contributed by atoms with Gasteiger partial charge in [-0.3, -0.25) is 4.98 Å². The number of pyridine rings is 1. The maximum absolute atomic E-state index is 5.38. The van der Waals surface area contributed by atoms with Gasteiger partial charge in [-0.15, -0.1) is 0 Å². The summed E-state index contributed by atoms with van der Waals surface area (Å²) in [6.07, 6.45) is 4.40. The van der Waals surface area contributed by atoms with Crippen LogP contribution < -0.4 is 10.5 Å². The summed E-state index contributed by atoms with van der Waals surface area (Å²) >= 11 is 0. The Hall–Kier alpha value is -1.09. The normalized spacial score (nSPS) is 9.83. The van der Waals surface area contributed by atoms with Gasteiger partial charge in [0.1, 0.15) is 5.75 Å². The number of nitrogens with zero attached hydrogens (tertiary/aromatic N) is 1. The first-order valence-corrected chi connectivity index (χ1v) is 4.07. The van der Waals surface area contributed by atoms with Crippen molar-refractivity contribution >= 4 is 0 Å². The van der Waals surface area contributed by atoms with Crippen molar-refractivity contribution in [2.24, 2.45) is 5.73 Å². The van der Waals surface area contributed by atoms with Crippen LogP contribution in [-0.2, 0) is 0 Å². The Bertz CT molecular complexity index is 238. The van der Waals surface area contributed by atoms with E-state index in [0.717, 1.165) is 17.7 Å². The molecule has 3 heteroatoms. The van der Waals surface area contributed by atoms with Crippen molar-refractivity contribution in [1.29, 1.82) is 0 Å². The third kappa shape index (κ3) is 2.88. The fraction of sp³-hybridized carbons (Fsp3) is 0.444. The molecule has 0 atom stereocenters. The second-order valence-electron chi connectivity index (χ2n) is 2.69. The van der Waals surface area contributed by atoms with Crippen molar-refractivity contribution in [3.8, 4) is 5.75 Å². The van der Waals surface area contributed by atoms with Gasteiger partial charge in [-0.1, -0.05) is 0 Å². The summed E-state index contributed by atoms with van der Waals surface area (Å²) < 4.78 is 5.38. The van der Waals surface area contributed by atoms with Crippen LogP contribution in [0, 0.1) is 6.92 Å². The molecular formula is C9H14N2O. The summed E-state index contributed by atoms with van der Waals surface area (Å²) in [5, 5.41) is 0. The van der Waals surface area contributed by atoms with Crippen LogP contribution in [0.15, 0.2) is 18.5 Å². The van der Waals surface area contributed by atoms with Gasteiger partial charge in [0.25, 0.3) is 0 Å². The van der Waals surface area contributed by atoms with Crippen molar-refractivity contribution in [3.63, 3.8) is 0 Å². The van der Waals surface area contributed by atoms with Crippen LogP contribution in [0.2, 0.25) is 0 Å². The van der Waals surface area contributed by atoms with Crippen LogP contribution in [-0.4, -0.2) is 18.1 Å². The highest BCUT2D eigenvalue weighted by Crippen LogP contribution is 2.09. The zero-order valence-corrected chi connectivity index (χ0v) is 7.29. The second-order valence-corrected chi connectivity index (χ2v) is 2.69. The fourth-order valence-corrected chi connectivity index (χ4v) is 0.880. The number of aryl methyl sites for hydroxylation is 1. The molecule has 0 saturated heterocycles. The first-order valence-electron chi connectivity index (χ1n) is 4.07. The third-order valence-electron chi connectivity index (χ3n) is 1.47. The molecule has 66 valence electrons. The van der Waals surface area contributed by atoms with Crippen molar-refractivity contribution in [3.05, 3.63) is 24.0 Å². The summed E-state index contributed by atoms with van der Waals surface area (Å²) in [6.45, 7) is 3.32. The zero-order chi connectivity index (χ0) is 8.81. The Balaban J connectivity index is 2.41. The lowest BCUT2D eigenvalue weighted by molar-refractivity contribution is 0.312. The monoisotopic (exact) mass is 166 g/mol. The van der Waals surface area contributed by atoms with E-state index in [-0.39, 0.29) is 0 Å². The van der Waals surface area contributed by atoms with Gasteiger partial charge in [-0.25, -0.2) is 0 Å². The van der Waals surface area contributed by atoms with Gasteiger partial charge in [0, 0.05) is 6.20 Å². The Morgan fingerprint density at radius 2 is 2.33 bits per heavy atom. The van der Waals surface area contributed by atoms with Crippen LogP contribution in [0.25, 0.3) is 0 Å². The molecule has 0 radical (unpaired) electrons. The van der Waals surface area contributed by atoms with Gasteiger partial charge in [-0.05, 0) is 31.5 Å². The summed E-state index contributed by atoms with van der Waals surface area (Å²) in [4.78, 5) is 4.01. The summed E-state index contributed by atoms with van der Waals surface area (Å²) in [5.74, 6) is 0.823. The summed E-state index contributed by atoms with van der Waals surface area (Å²) in [7, 11) is 0. The fourth-order valence-electron chi connectivity index (χ4n) is 0.880. The lowest BCUT2D eigenvalue weighted by Gasteiger charge is -2.04. The van der Waals surface area contributed by atoms with E-state index in [2.05, 4.69) is 4.98 Å². The van der Waals surface area contributed by atoms with Crippen molar-refractivity contribution < 1.29 is 4.74 Å². The van der Waals surface area contributed by atoms with Gasteiger partial charge in [0.2, 0.25) is 0 Å². The molecule has 0 aromatic carbocycles. The summed E-state index contributed by atoms with van der Waals surface area (Å²) in [6, 6.07) is 1.96. The molecule has 0 saturated carbocycles. The maximum atomic E-state index is 5.38. The van der Waals surface area contributed by atoms with E-state index in [4.69, 9.17) is 10.5 Å². The predicted molar refractivity (Wildman–Crippen MR) is 48.1 cm³/mol. The molecule has 0 amide bonds. The maximum Gasteiger partial charge on any atom is 0.137 e. The van der Waals surface area contributed by atoms with Crippen molar-refractivity contribution in [2.75, 3.05) is 13.2 Å². The highest BCUT2D eigenvalue weighted by Gasteiger charge is 1.92. The molecule has 0 spiro atoms. The molecule has 2 N–H and O–H groups in total. The number of nitrogens with two attached hydrogens (primary N) is 1. The molecule has 0 bridgehead atoms. The smallest absolute Gasteiger partial charge is 0.137 e. The molecule has 0 fully saturated rings. The molecule has 1 aromatic heterocycles. The SMILES string of the molecule is Cc1cncc(OCCCN)c1. The van der Waals surface area contributed by atoms with Crippen LogP contribution >= 0.6 is 0 Å². The molecular weight excluding hydrogens is 152 g/mol. The second kappa shape index (κ2) is 4.72. The van der Waals surface area contributed by atoms with Gasteiger partial charge < -0.3 is 10.5 Å². The Labute approximate surface area is 72.6 Å². The van der Waals surface area contributed by atoms with E-state index in [1.54, 1.807) is 12.4 Å². The topological polar surface area (TPSA) is 48.1 Å². The van der Waals surface area contributed by atoms with E-state index >= 15 is 0 Å². The average Bonchev–Trinajstić information content (AvgIpc) is 2.05. The molecule has 1 rings (SSSR count). The van der Waals surface area contributed by atoms with Crippen LogP contribution in [0.3, 0.4) is 0 Å². The zero-order valence-electron chi connectivity index (χ0n) is 7.29. The Morgan fingerprint density at radius 1 is 1.50 bits per heavy atom. The largest absolute Gasteiger partial charge is 0.492 e. The van der Waals surface area contributed by atoms with Gasteiger partial charge in [-0.2, -0.15) is 0 Å². The summed E-state index contributed by atoms with van der Waals surface area (Å²) in [5.41, 5.74) is 6.44. The molecule has 3 nitrogen and oxygen atoms in total. The Morgan fingerprint density at radius 3 is 3.00 bits per heavy atom. The molecule has 1 heterocycles. The Kier molecular flexibility index (Phi) is 3.54. The number of ether oxygens (including phenoxy) is 1. The van der Waals surface area contributed by atoms with Crippen LogP contribution in [0.5, 0.6) is 5.75 Å². The quantitative estimate of drug-likeness (QED) is 0.682. The standard InChI is InChI=1S/C9H14N2O/c1-8-5-9(7-11-6-8)12-4-2-3-10/h5-7H,2-4,10H2,1H3. The van der Waals surface area contributed by atoms with E-state index in [1.165, 1.54) is 0 Å². The highest BCUT2D eigenvalue weighted by atomic mass is 16.5. The number of aromatic nitrogens is 1. The minimum absolute atomic E-state index is 0.666. The van der Waals surface area contributed by atoms with Crippen molar-refractivity contribution in [1.82, 2.24) is 4.98 Å². The van der Waals surface area contributed by atoms with Gasteiger partial charge >= 0.3 is 0 Å². The van der Waals surface area contributed by atoms with E-state index in [1.807, 2.05) is 13.0 Å². The van der Waals surface area contributed by atoms with Crippen molar-refractivity contribution in [2.45, 2.75) is 13.3 Å². The van der Waals surface area contributed by atoms with Crippen LogP contribution in [0.4, 0.5) is 0 Å². The average molecular weight is 166 g/mol. The highest BCUT2D eigenvalue weighted by molar-refractivity contribution is 5.22. The van der Waals surface area contributed by atoms with Crippen LogP contribution in [0.1, 0.15) is 12.0 Å². The first kappa shape index (κ1) is 9.00. The first-order chi connectivity index (χ1) is 5.83. The van der Waals surface area contributed by atoms with Gasteiger partial charge in [0.15, 0.2) is 0 Å². The molecule has 1 aromatic rings. The number of rotatable bonds is 4. The molecule has 0 aliphatic rings.